The molecule has 1 aromatic carbocycles. The number of hydrogen-bond donors (Lipinski definition) is 0. The second kappa shape index (κ2) is 6.85. The minimum Gasteiger partial charge on any atom is -0.287 e. The Morgan fingerprint density at radius 2 is 1.76 bits per heavy atom. The van der Waals surface area contributed by atoms with Crippen molar-refractivity contribution in [3.63, 3.8) is 0 Å². The zero-order valence-electron chi connectivity index (χ0n) is 11.0. The lowest BCUT2D eigenvalue weighted by Gasteiger charge is -2.17. The van der Waals surface area contributed by atoms with Crippen LogP contribution in [-0.4, -0.2) is 5.12 Å². The molecule has 0 unspecified atom stereocenters. The first-order valence-electron chi connectivity index (χ1n) is 6.23. The minimum atomic E-state index is 0.283. The van der Waals surface area contributed by atoms with Crippen molar-refractivity contribution >= 4 is 16.9 Å². The molecule has 0 saturated heterocycles. The first kappa shape index (κ1) is 14.3. The van der Waals surface area contributed by atoms with Crippen LogP contribution in [0.2, 0.25) is 0 Å². The molecule has 0 heterocycles. The van der Waals surface area contributed by atoms with Crippen LogP contribution < -0.4 is 0 Å². The maximum absolute atomic E-state index is 11.7. The maximum Gasteiger partial charge on any atom is 0.193 e. The molecule has 0 aliphatic heterocycles. The van der Waals surface area contributed by atoms with Gasteiger partial charge in [-0.25, -0.2) is 0 Å². The summed E-state index contributed by atoms with van der Waals surface area (Å²) in [7, 11) is 0. The first-order valence-corrected chi connectivity index (χ1v) is 7.05. The van der Waals surface area contributed by atoms with Crippen LogP contribution in [0.1, 0.15) is 46.5 Å². The first-order chi connectivity index (χ1) is 7.97. The van der Waals surface area contributed by atoms with E-state index in [0.29, 0.717) is 11.8 Å². The smallest absolute Gasteiger partial charge is 0.193 e. The Morgan fingerprint density at radius 1 is 1.12 bits per heavy atom. The average Bonchev–Trinajstić information content (AvgIpc) is 2.25. The van der Waals surface area contributed by atoms with E-state index >= 15 is 0 Å². The van der Waals surface area contributed by atoms with Crippen LogP contribution in [0.3, 0.4) is 0 Å². The molecule has 0 radical (unpaired) electrons. The molecule has 0 N–H and O–H groups in total. The fraction of sp³-hybridized carbons (Fsp3) is 0.533. The molecule has 0 fully saturated rings. The van der Waals surface area contributed by atoms with Crippen LogP contribution in [0.5, 0.6) is 0 Å². The number of carbonyl (C=O) groups excluding carboxylic acids is 1. The van der Waals surface area contributed by atoms with E-state index in [4.69, 9.17) is 0 Å². The second-order valence-electron chi connectivity index (χ2n) is 5.55. The summed E-state index contributed by atoms with van der Waals surface area (Å²) in [5.74, 6) is 0. The monoisotopic (exact) mass is 250 g/mol. The minimum absolute atomic E-state index is 0.283. The molecule has 0 aliphatic rings. The summed E-state index contributed by atoms with van der Waals surface area (Å²) in [6.45, 7) is 6.73. The Labute approximate surface area is 109 Å². The van der Waals surface area contributed by atoms with Crippen molar-refractivity contribution in [2.45, 2.75) is 51.3 Å². The van der Waals surface area contributed by atoms with E-state index in [9.17, 15) is 4.79 Å². The third-order valence-electron chi connectivity index (χ3n) is 2.53. The van der Waals surface area contributed by atoms with Crippen LogP contribution in [-0.2, 0) is 4.79 Å². The lowest BCUT2D eigenvalue weighted by atomic mass is 9.90. The quantitative estimate of drug-likeness (QED) is 0.545. The molecule has 0 saturated carbocycles. The highest BCUT2D eigenvalue weighted by molar-refractivity contribution is 8.13. The van der Waals surface area contributed by atoms with E-state index in [0.717, 1.165) is 17.7 Å². The van der Waals surface area contributed by atoms with Gasteiger partial charge in [-0.2, -0.15) is 0 Å². The van der Waals surface area contributed by atoms with Gasteiger partial charge in [-0.05, 0) is 30.4 Å². The largest absolute Gasteiger partial charge is 0.287 e. The Morgan fingerprint density at radius 3 is 2.35 bits per heavy atom. The molecule has 0 amide bonds. The van der Waals surface area contributed by atoms with Gasteiger partial charge in [0.05, 0.1) is 0 Å². The van der Waals surface area contributed by atoms with Crippen molar-refractivity contribution in [2.24, 2.45) is 5.41 Å². The van der Waals surface area contributed by atoms with Crippen LogP contribution in [0, 0.1) is 5.41 Å². The van der Waals surface area contributed by atoms with E-state index in [1.54, 1.807) is 0 Å². The molecule has 94 valence electrons. The van der Waals surface area contributed by atoms with Gasteiger partial charge in [-0.3, -0.25) is 4.79 Å². The highest BCUT2D eigenvalue weighted by Crippen LogP contribution is 2.24. The Kier molecular flexibility index (Phi) is 5.76. The van der Waals surface area contributed by atoms with Gasteiger partial charge in [-0.1, -0.05) is 57.2 Å². The maximum atomic E-state index is 11.7. The normalized spacial score (nSPS) is 11.5. The summed E-state index contributed by atoms with van der Waals surface area (Å²) < 4.78 is 0. The standard InChI is InChI=1S/C15H22OS/c1-15(2,3)12-8-7-11-14(16)17-13-9-5-4-6-10-13/h4-6,9-10H,7-8,11-12H2,1-3H3. The van der Waals surface area contributed by atoms with Gasteiger partial charge in [-0.15, -0.1) is 0 Å². The summed E-state index contributed by atoms with van der Waals surface area (Å²) in [4.78, 5) is 12.7. The molecule has 1 aromatic rings. The van der Waals surface area contributed by atoms with Gasteiger partial charge >= 0.3 is 0 Å². The van der Waals surface area contributed by atoms with Crippen molar-refractivity contribution in [1.29, 1.82) is 0 Å². The highest BCUT2D eigenvalue weighted by Gasteiger charge is 2.10. The van der Waals surface area contributed by atoms with E-state index in [1.807, 2.05) is 30.3 Å². The molecule has 2 heteroatoms. The fourth-order valence-electron chi connectivity index (χ4n) is 1.60. The molecule has 0 atom stereocenters. The van der Waals surface area contributed by atoms with E-state index in [2.05, 4.69) is 20.8 Å². The summed E-state index contributed by atoms with van der Waals surface area (Å²) in [5, 5.41) is 0.283. The van der Waals surface area contributed by atoms with Crippen molar-refractivity contribution in [1.82, 2.24) is 0 Å². The van der Waals surface area contributed by atoms with Gasteiger partial charge < -0.3 is 0 Å². The predicted octanol–water partition coefficient (Wildman–Crippen LogP) is 4.91. The second-order valence-corrected chi connectivity index (χ2v) is 6.69. The summed E-state index contributed by atoms with van der Waals surface area (Å²) in [6.07, 6.45) is 4.03. The Hall–Kier alpha value is -0.760. The number of rotatable bonds is 5. The molecule has 0 spiro atoms. The Bertz CT molecular complexity index is 338. The number of benzene rings is 1. The molecular formula is C15H22OS. The number of unbranched alkanes of at least 4 members (excludes halogenated alkanes) is 1. The van der Waals surface area contributed by atoms with Gasteiger partial charge in [0.15, 0.2) is 5.12 Å². The van der Waals surface area contributed by atoms with Crippen molar-refractivity contribution in [3.05, 3.63) is 30.3 Å². The molecule has 17 heavy (non-hydrogen) atoms. The molecular weight excluding hydrogens is 228 g/mol. The topological polar surface area (TPSA) is 17.1 Å². The van der Waals surface area contributed by atoms with Crippen LogP contribution in [0.15, 0.2) is 35.2 Å². The third-order valence-corrected chi connectivity index (χ3v) is 3.47. The third kappa shape index (κ3) is 7.22. The van der Waals surface area contributed by atoms with Crippen molar-refractivity contribution in [2.75, 3.05) is 0 Å². The molecule has 0 aliphatic carbocycles. The van der Waals surface area contributed by atoms with E-state index < -0.39 is 0 Å². The average molecular weight is 250 g/mol. The van der Waals surface area contributed by atoms with Gasteiger partial charge in [0.25, 0.3) is 0 Å². The predicted molar refractivity (Wildman–Crippen MR) is 75.2 cm³/mol. The fourth-order valence-corrected chi connectivity index (χ4v) is 2.40. The van der Waals surface area contributed by atoms with Crippen LogP contribution >= 0.6 is 11.8 Å². The molecule has 1 rings (SSSR count). The number of hydrogen-bond acceptors (Lipinski definition) is 2. The van der Waals surface area contributed by atoms with Crippen molar-refractivity contribution < 1.29 is 4.79 Å². The van der Waals surface area contributed by atoms with Gasteiger partial charge in [0.2, 0.25) is 0 Å². The van der Waals surface area contributed by atoms with Crippen LogP contribution in [0.25, 0.3) is 0 Å². The lowest BCUT2D eigenvalue weighted by molar-refractivity contribution is -0.111. The van der Waals surface area contributed by atoms with Crippen molar-refractivity contribution in [3.8, 4) is 0 Å². The molecule has 1 nitrogen and oxygen atoms in total. The Balaban J connectivity index is 2.18. The molecule has 0 aromatic heterocycles. The summed E-state index contributed by atoms with van der Waals surface area (Å²) in [6, 6.07) is 9.87. The number of carbonyl (C=O) groups is 1. The highest BCUT2D eigenvalue weighted by atomic mass is 32.2. The summed E-state index contributed by atoms with van der Waals surface area (Å²) in [5.41, 5.74) is 0.385. The van der Waals surface area contributed by atoms with E-state index in [1.165, 1.54) is 18.2 Å². The van der Waals surface area contributed by atoms with Crippen LogP contribution in [0.4, 0.5) is 0 Å². The number of thioether (sulfide) groups is 1. The lowest BCUT2D eigenvalue weighted by Crippen LogP contribution is -2.04. The molecule has 0 bridgehead atoms. The zero-order valence-corrected chi connectivity index (χ0v) is 11.8. The summed E-state index contributed by atoms with van der Waals surface area (Å²) >= 11 is 1.36. The SMILES string of the molecule is CC(C)(C)CCCCC(=O)Sc1ccccc1. The van der Waals surface area contributed by atoms with Gasteiger partial charge in [0.1, 0.15) is 0 Å². The van der Waals surface area contributed by atoms with Gasteiger partial charge in [0, 0.05) is 11.3 Å². The zero-order chi connectivity index (χ0) is 12.7. The van der Waals surface area contributed by atoms with E-state index in [-0.39, 0.29) is 5.12 Å².